The molecule has 0 radical (unpaired) electrons. The molecular weight excluding hydrogens is 210 g/mol. The van der Waals surface area contributed by atoms with Crippen LogP contribution < -0.4 is 5.73 Å². The number of hydrogen-bond acceptors (Lipinski definition) is 2. The summed E-state index contributed by atoms with van der Waals surface area (Å²) in [5.41, 5.74) is 9.14. The summed E-state index contributed by atoms with van der Waals surface area (Å²) in [5, 5.41) is 10.4. The van der Waals surface area contributed by atoms with Crippen molar-refractivity contribution in [3.8, 4) is 5.75 Å². The summed E-state index contributed by atoms with van der Waals surface area (Å²) in [7, 11) is 0. The van der Waals surface area contributed by atoms with Gasteiger partial charge in [-0.3, -0.25) is 0 Å². The van der Waals surface area contributed by atoms with Crippen LogP contribution >= 0.6 is 0 Å². The molecule has 0 amide bonds. The van der Waals surface area contributed by atoms with Gasteiger partial charge >= 0.3 is 0 Å². The minimum atomic E-state index is -0.0809. The van der Waals surface area contributed by atoms with Gasteiger partial charge in [0.25, 0.3) is 0 Å². The third-order valence-corrected chi connectivity index (χ3v) is 3.25. The van der Waals surface area contributed by atoms with Crippen molar-refractivity contribution in [2.24, 2.45) is 5.73 Å². The van der Waals surface area contributed by atoms with Crippen molar-refractivity contribution in [1.29, 1.82) is 0 Å². The maximum Gasteiger partial charge on any atom is 0.124 e. The molecule has 0 saturated carbocycles. The number of aryl methyl sites for hydroxylation is 1. The molecule has 1 aromatic carbocycles. The first-order valence-electron chi connectivity index (χ1n) is 6.43. The first kappa shape index (κ1) is 14.0. The third-order valence-electron chi connectivity index (χ3n) is 3.25. The molecule has 0 aliphatic heterocycles. The third kappa shape index (κ3) is 3.01. The molecule has 0 spiro atoms. The van der Waals surface area contributed by atoms with Gasteiger partial charge in [-0.15, -0.1) is 0 Å². The fourth-order valence-corrected chi connectivity index (χ4v) is 2.00. The first-order valence-corrected chi connectivity index (χ1v) is 6.43. The molecule has 2 heteroatoms. The Kier molecular flexibility index (Phi) is 4.21. The summed E-state index contributed by atoms with van der Waals surface area (Å²) >= 11 is 0. The van der Waals surface area contributed by atoms with Gasteiger partial charge in [-0.25, -0.2) is 0 Å². The van der Waals surface area contributed by atoms with Crippen molar-refractivity contribution < 1.29 is 5.11 Å². The summed E-state index contributed by atoms with van der Waals surface area (Å²) in [5.74, 6) is 0.379. The van der Waals surface area contributed by atoms with Crippen LogP contribution in [0.4, 0.5) is 0 Å². The number of nitrogens with two attached hydrogens (primary N) is 1. The summed E-state index contributed by atoms with van der Waals surface area (Å²) in [6.45, 7) is 10.5. The zero-order valence-electron chi connectivity index (χ0n) is 11.7. The first-order chi connectivity index (χ1) is 7.81. The molecule has 0 aliphatic carbocycles. The van der Waals surface area contributed by atoms with Crippen molar-refractivity contribution in [2.75, 3.05) is 0 Å². The average molecular weight is 235 g/mol. The maximum atomic E-state index is 10.4. The normalized spacial score (nSPS) is 13.8. The molecule has 1 unspecified atom stereocenters. The van der Waals surface area contributed by atoms with Gasteiger partial charge < -0.3 is 10.8 Å². The molecule has 1 aromatic rings. The Morgan fingerprint density at radius 2 is 1.82 bits per heavy atom. The lowest BCUT2D eigenvalue weighted by Gasteiger charge is -2.24. The molecule has 1 rings (SSSR count). The molecule has 96 valence electrons. The topological polar surface area (TPSA) is 46.2 Å². The molecule has 17 heavy (non-hydrogen) atoms. The Hall–Kier alpha value is -1.02. The van der Waals surface area contributed by atoms with Crippen LogP contribution in [0.2, 0.25) is 0 Å². The minimum absolute atomic E-state index is 0.0581. The van der Waals surface area contributed by atoms with Gasteiger partial charge in [0, 0.05) is 11.6 Å². The SMILES string of the molecule is CCc1cc(C(N)CC)c(O)c(C(C)(C)C)c1. The largest absolute Gasteiger partial charge is 0.507 e. The lowest BCUT2D eigenvalue weighted by atomic mass is 9.82. The molecule has 0 saturated heterocycles. The smallest absolute Gasteiger partial charge is 0.124 e. The number of aromatic hydroxyl groups is 1. The van der Waals surface area contributed by atoms with Gasteiger partial charge in [-0.1, -0.05) is 46.8 Å². The van der Waals surface area contributed by atoms with E-state index in [9.17, 15) is 5.11 Å². The Labute approximate surface area is 105 Å². The average Bonchev–Trinajstić information content (AvgIpc) is 2.26. The van der Waals surface area contributed by atoms with Crippen molar-refractivity contribution in [2.45, 2.75) is 58.9 Å². The van der Waals surface area contributed by atoms with Gasteiger partial charge in [0.05, 0.1) is 0 Å². The lowest BCUT2D eigenvalue weighted by molar-refractivity contribution is 0.433. The summed E-state index contributed by atoms with van der Waals surface area (Å²) in [6, 6.07) is 4.06. The van der Waals surface area contributed by atoms with E-state index in [1.54, 1.807) is 0 Å². The quantitative estimate of drug-likeness (QED) is 0.839. The molecule has 0 aromatic heterocycles. The maximum absolute atomic E-state index is 10.4. The fourth-order valence-electron chi connectivity index (χ4n) is 2.00. The van der Waals surface area contributed by atoms with Gasteiger partial charge in [0.1, 0.15) is 5.75 Å². The van der Waals surface area contributed by atoms with Crippen LogP contribution in [0, 0.1) is 0 Å². The molecule has 0 bridgehead atoms. The van der Waals surface area contributed by atoms with Crippen LogP contribution in [-0.2, 0) is 11.8 Å². The number of benzene rings is 1. The highest BCUT2D eigenvalue weighted by molar-refractivity contribution is 5.48. The second-order valence-corrected chi connectivity index (χ2v) is 5.70. The van der Waals surface area contributed by atoms with E-state index in [-0.39, 0.29) is 11.5 Å². The van der Waals surface area contributed by atoms with Crippen LogP contribution in [0.5, 0.6) is 5.75 Å². The summed E-state index contributed by atoms with van der Waals surface area (Å²) < 4.78 is 0. The minimum Gasteiger partial charge on any atom is -0.507 e. The zero-order chi connectivity index (χ0) is 13.2. The second kappa shape index (κ2) is 5.09. The van der Waals surface area contributed by atoms with E-state index in [1.165, 1.54) is 5.56 Å². The predicted molar refractivity (Wildman–Crippen MR) is 73.4 cm³/mol. The molecular formula is C15H25NO. The van der Waals surface area contributed by atoms with Gasteiger partial charge in [-0.05, 0) is 29.4 Å². The molecule has 3 N–H and O–H groups in total. The highest BCUT2D eigenvalue weighted by atomic mass is 16.3. The number of phenols is 1. The summed E-state index contributed by atoms with van der Waals surface area (Å²) in [6.07, 6.45) is 1.80. The van der Waals surface area contributed by atoms with Crippen molar-refractivity contribution >= 4 is 0 Å². The molecule has 0 fully saturated rings. The Bertz CT molecular complexity index is 391. The molecule has 2 nitrogen and oxygen atoms in total. The van der Waals surface area contributed by atoms with E-state index in [1.807, 2.05) is 13.0 Å². The Balaban J connectivity index is 3.41. The highest BCUT2D eigenvalue weighted by Gasteiger charge is 2.22. The molecule has 1 atom stereocenters. The van der Waals surface area contributed by atoms with Crippen molar-refractivity contribution in [1.82, 2.24) is 0 Å². The van der Waals surface area contributed by atoms with Crippen LogP contribution in [-0.4, -0.2) is 5.11 Å². The van der Waals surface area contributed by atoms with E-state index < -0.39 is 0 Å². The van der Waals surface area contributed by atoms with E-state index in [0.29, 0.717) is 5.75 Å². The van der Waals surface area contributed by atoms with Gasteiger partial charge in [-0.2, -0.15) is 0 Å². The van der Waals surface area contributed by atoms with Crippen LogP contribution in [0.1, 0.15) is 63.8 Å². The van der Waals surface area contributed by atoms with E-state index in [2.05, 4.69) is 33.8 Å². The van der Waals surface area contributed by atoms with Crippen molar-refractivity contribution in [3.05, 3.63) is 28.8 Å². The van der Waals surface area contributed by atoms with Crippen molar-refractivity contribution in [3.63, 3.8) is 0 Å². The number of hydrogen-bond donors (Lipinski definition) is 2. The van der Waals surface area contributed by atoms with Gasteiger partial charge in [0.15, 0.2) is 0 Å². The highest BCUT2D eigenvalue weighted by Crippen LogP contribution is 2.37. The molecule has 0 aliphatic rings. The van der Waals surface area contributed by atoms with Gasteiger partial charge in [0.2, 0.25) is 0 Å². The van der Waals surface area contributed by atoms with Crippen LogP contribution in [0.15, 0.2) is 12.1 Å². The van der Waals surface area contributed by atoms with Crippen LogP contribution in [0.3, 0.4) is 0 Å². The fraction of sp³-hybridized carbons (Fsp3) is 0.600. The monoisotopic (exact) mass is 235 g/mol. The van der Waals surface area contributed by atoms with E-state index >= 15 is 0 Å². The predicted octanol–water partition coefficient (Wildman–Crippen LogP) is 3.66. The molecule has 0 heterocycles. The lowest BCUT2D eigenvalue weighted by Crippen LogP contribution is -2.16. The standard InChI is InChI=1S/C15H25NO/c1-6-10-8-11(13(16)7-2)14(17)12(9-10)15(3,4)5/h8-9,13,17H,6-7,16H2,1-5H3. The number of rotatable bonds is 3. The Morgan fingerprint density at radius 3 is 2.24 bits per heavy atom. The zero-order valence-corrected chi connectivity index (χ0v) is 11.7. The van der Waals surface area contributed by atoms with E-state index in [0.717, 1.165) is 24.0 Å². The number of phenolic OH excluding ortho intramolecular Hbond substituents is 1. The second-order valence-electron chi connectivity index (χ2n) is 5.70. The Morgan fingerprint density at radius 1 is 1.24 bits per heavy atom. The van der Waals surface area contributed by atoms with Crippen LogP contribution in [0.25, 0.3) is 0 Å². The van der Waals surface area contributed by atoms with E-state index in [4.69, 9.17) is 5.73 Å². The summed E-state index contributed by atoms with van der Waals surface area (Å²) in [4.78, 5) is 0.